The van der Waals surface area contributed by atoms with Crippen LogP contribution in [-0.2, 0) is 0 Å². The van der Waals surface area contributed by atoms with Gasteiger partial charge in [-0.15, -0.1) is 10.2 Å². The number of fused-ring (bicyclic) bond motifs is 1. The number of pyridine rings is 1. The zero-order valence-corrected chi connectivity index (χ0v) is 15.9. The largest absolute Gasteiger partial charge is 0.457 e. The van der Waals surface area contributed by atoms with Gasteiger partial charge in [-0.25, -0.2) is 0 Å². The van der Waals surface area contributed by atoms with E-state index in [1.807, 2.05) is 18.2 Å². The molecule has 4 aromatic rings. The van der Waals surface area contributed by atoms with Crippen molar-refractivity contribution in [1.82, 2.24) is 20.2 Å². The number of nitrogens with zero attached hydrogens (tertiary/aromatic N) is 4. The highest BCUT2D eigenvalue weighted by atomic mass is 16.5. The highest BCUT2D eigenvalue weighted by Crippen LogP contribution is 2.29. The van der Waals surface area contributed by atoms with Crippen LogP contribution in [0.5, 0.6) is 11.5 Å². The normalized spacial score (nSPS) is 14.9. The monoisotopic (exact) mass is 391 g/mol. The Morgan fingerprint density at radius 1 is 1.07 bits per heavy atom. The average Bonchev–Trinajstić information content (AvgIpc) is 3.43. The number of benzene rings is 1. The molecule has 0 bridgehead atoms. The summed E-state index contributed by atoms with van der Waals surface area (Å²) in [7, 11) is 0. The van der Waals surface area contributed by atoms with E-state index in [0.717, 1.165) is 12.1 Å². The van der Waals surface area contributed by atoms with Crippen LogP contribution in [0.25, 0.3) is 22.7 Å². The van der Waals surface area contributed by atoms with Crippen LogP contribution in [0.4, 0.5) is 6.01 Å². The lowest BCUT2D eigenvalue weighted by molar-refractivity contribution is 0.371. The second-order valence-corrected chi connectivity index (χ2v) is 7.26. The lowest BCUT2D eigenvalue weighted by Crippen LogP contribution is -2.17. The maximum atomic E-state index is 5.95. The van der Waals surface area contributed by atoms with Crippen LogP contribution in [0.2, 0.25) is 0 Å². The topological polar surface area (TPSA) is 99.1 Å². The number of hydrogen-bond donors (Lipinski definition) is 1. The molecule has 0 aliphatic heterocycles. The second-order valence-electron chi connectivity index (χ2n) is 7.26. The van der Waals surface area contributed by atoms with Crippen LogP contribution in [-0.4, -0.2) is 26.7 Å². The van der Waals surface area contributed by atoms with Crippen LogP contribution in [0.3, 0.4) is 0 Å². The predicted molar refractivity (Wildman–Crippen MR) is 107 cm³/mol. The third-order valence-corrected chi connectivity index (χ3v) is 5.17. The van der Waals surface area contributed by atoms with Gasteiger partial charge in [-0.1, -0.05) is 19.3 Å². The van der Waals surface area contributed by atoms with E-state index in [-0.39, 0.29) is 0 Å². The molecule has 3 aromatic heterocycles. The fraction of sp³-hybridized carbons (Fsp3) is 0.333. The molecular formula is C21H21N5O3. The first-order valence-electron chi connectivity index (χ1n) is 9.88. The molecule has 8 heteroatoms. The van der Waals surface area contributed by atoms with Crippen molar-refractivity contribution in [2.45, 2.75) is 32.1 Å². The molecular weight excluding hydrogens is 370 g/mol. The van der Waals surface area contributed by atoms with Crippen LogP contribution in [0.15, 0.2) is 51.8 Å². The van der Waals surface area contributed by atoms with Crippen LogP contribution in [0, 0.1) is 5.92 Å². The number of ether oxygens (including phenoxy) is 1. The average molecular weight is 391 g/mol. The van der Waals surface area contributed by atoms with E-state index in [0.29, 0.717) is 40.6 Å². The maximum Gasteiger partial charge on any atom is 0.295 e. The number of oxazole rings is 1. The highest BCUT2D eigenvalue weighted by molar-refractivity contribution is 5.76. The van der Waals surface area contributed by atoms with Gasteiger partial charge in [-0.2, -0.15) is 4.98 Å². The summed E-state index contributed by atoms with van der Waals surface area (Å²) in [5.74, 6) is 2.31. The molecule has 0 amide bonds. The highest BCUT2D eigenvalue weighted by Gasteiger charge is 2.15. The van der Waals surface area contributed by atoms with Gasteiger partial charge in [-0.05, 0) is 37.0 Å². The summed E-state index contributed by atoms with van der Waals surface area (Å²) in [5, 5.41) is 10.9. The van der Waals surface area contributed by atoms with Crippen molar-refractivity contribution >= 4 is 17.1 Å². The van der Waals surface area contributed by atoms with Gasteiger partial charge in [0.2, 0.25) is 6.39 Å². The van der Waals surface area contributed by atoms with Gasteiger partial charge in [0.1, 0.15) is 22.7 Å². The quantitative estimate of drug-likeness (QED) is 0.487. The van der Waals surface area contributed by atoms with Crippen molar-refractivity contribution in [2.24, 2.45) is 5.92 Å². The van der Waals surface area contributed by atoms with Gasteiger partial charge in [-0.3, -0.25) is 4.98 Å². The number of rotatable bonds is 6. The van der Waals surface area contributed by atoms with Crippen molar-refractivity contribution in [3.05, 3.63) is 42.9 Å². The maximum absolute atomic E-state index is 5.95. The number of hydrogen-bond acceptors (Lipinski definition) is 8. The molecule has 0 saturated heterocycles. The Balaban J connectivity index is 1.29. The molecule has 1 fully saturated rings. The molecule has 0 radical (unpaired) electrons. The van der Waals surface area contributed by atoms with Crippen LogP contribution < -0.4 is 10.1 Å². The molecule has 29 heavy (non-hydrogen) atoms. The standard InChI is InChI=1S/C21H21N5O3/c1-2-4-14(5-3-1)12-23-21-25-17-7-6-15(11-19(17)29-21)28-16-8-9-22-18(10-16)20-26-24-13-27-20/h6-11,13-14H,1-5,12H2,(H,23,25). The predicted octanol–water partition coefficient (Wildman–Crippen LogP) is 5.06. The summed E-state index contributed by atoms with van der Waals surface area (Å²) >= 11 is 0. The molecule has 1 aliphatic rings. The molecule has 3 heterocycles. The first-order chi connectivity index (χ1) is 14.3. The van der Waals surface area contributed by atoms with E-state index < -0.39 is 0 Å². The Hall–Kier alpha value is -3.42. The van der Waals surface area contributed by atoms with Gasteiger partial charge in [0, 0.05) is 24.9 Å². The smallest absolute Gasteiger partial charge is 0.295 e. The number of nitrogens with one attached hydrogen (secondary N) is 1. The summed E-state index contributed by atoms with van der Waals surface area (Å²) in [6, 6.07) is 9.66. The van der Waals surface area contributed by atoms with Crippen LogP contribution >= 0.6 is 0 Å². The zero-order valence-electron chi connectivity index (χ0n) is 15.9. The van der Waals surface area contributed by atoms with Crippen molar-refractivity contribution < 1.29 is 13.6 Å². The number of aromatic nitrogens is 4. The molecule has 148 valence electrons. The van der Waals surface area contributed by atoms with Gasteiger partial charge in [0.25, 0.3) is 11.9 Å². The van der Waals surface area contributed by atoms with Crippen molar-refractivity contribution in [2.75, 3.05) is 11.9 Å². The molecule has 1 aliphatic carbocycles. The Bertz CT molecular complexity index is 1090. The lowest BCUT2D eigenvalue weighted by Gasteiger charge is -2.21. The van der Waals surface area contributed by atoms with Gasteiger partial charge >= 0.3 is 0 Å². The van der Waals surface area contributed by atoms with Gasteiger partial charge < -0.3 is 18.9 Å². The zero-order chi connectivity index (χ0) is 19.5. The summed E-state index contributed by atoms with van der Waals surface area (Å²) in [6.07, 6.45) is 9.46. The van der Waals surface area contributed by atoms with E-state index >= 15 is 0 Å². The van der Waals surface area contributed by atoms with Crippen molar-refractivity contribution in [3.8, 4) is 23.1 Å². The molecule has 1 saturated carbocycles. The Morgan fingerprint density at radius 3 is 2.83 bits per heavy atom. The molecule has 1 N–H and O–H groups in total. The molecule has 5 rings (SSSR count). The molecule has 8 nitrogen and oxygen atoms in total. The van der Waals surface area contributed by atoms with E-state index in [1.165, 1.54) is 38.5 Å². The fourth-order valence-corrected chi connectivity index (χ4v) is 3.68. The third kappa shape index (κ3) is 4.06. The van der Waals surface area contributed by atoms with E-state index in [1.54, 1.807) is 18.3 Å². The van der Waals surface area contributed by atoms with E-state index in [4.69, 9.17) is 13.6 Å². The summed E-state index contributed by atoms with van der Waals surface area (Å²) in [5.41, 5.74) is 2.03. The van der Waals surface area contributed by atoms with Gasteiger partial charge in [0.15, 0.2) is 5.58 Å². The first kappa shape index (κ1) is 17.7. The fourth-order valence-electron chi connectivity index (χ4n) is 3.68. The molecule has 0 unspecified atom stereocenters. The summed E-state index contributed by atoms with van der Waals surface area (Å²) in [6.45, 7) is 0.908. The summed E-state index contributed by atoms with van der Waals surface area (Å²) < 4.78 is 17.0. The van der Waals surface area contributed by atoms with Crippen LogP contribution in [0.1, 0.15) is 32.1 Å². The third-order valence-electron chi connectivity index (χ3n) is 5.17. The lowest BCUT2D eigenvalue weighted by atomic mass is 9.89. The minimum absolute atomic E-state index is 0.342. The first-order valence-corrected chi connectivity index (χ1v) is 9.88. The molecule has 0 spiro atoms. The minimum atomic E-state index is 0.342. The van der Waals surface area contributed by atoms with E-state index in [2.05, 4.69) is 25.5 Å². The van der Waals surface area contributed by atoms with E-state index in [9.17, 15) is 0 Å². The SMILES string of the molecule is c1cc(Oc2ccc3nc(NCC4CCCCC4)oc3c2)cc(-c2nnco2)n1. The molecule has 0 atom stereocenters. The number of anilines is 1. The second kappa shape index (κ2) is 7.90. The van der Waals surface area contributed by atoms with Crippen molar-refractivity contribution in [1.29, 1.82) is 0 Å². The Kier molecular flexibility index (Phi) is 4.81. The van der Waals surface area contributed by atoms with Gasteiger partial charge in [0.05, 0.1) is 0 Å². The Morgan fingerprint density at radius 2 is 1.97 bits per heavy atom. The summed E-state index contributed by atoms with van der Waals surface area (Å²) in [4.78, 5) is 8.74. The Labute approximate surface area is 167 Å². The van der Waals surface area contributed by atoms with Crippen molar-refractivity contribution in [3.63, 3.8) is 0 Å². The molecule has 1 aromatic carbocycles. The minimum Gasteiger partial charge on any atom is -0.457 e.